The lowest BCUT2D eigenvalue weighted by Crippen LogP contribution is -2.10. The fourth-order valence-electron chi connectivity index (χ4n) is 0.753. The van der Waals surface area contributed by atoms with Gasteiger partial charge in [-0.15, -0.1) is 0 Å². The lowest BCUT2D eigenvalue weighted by molar-refractivity contribution is -0.139. The number of pyridine rings is 1. The molecular formula is C8H10N2O3. The van der Waals surface area contributed by atoms with Crippen LogP contribution in [0.3, 0.4) is 0 Å². The van der Waals surface area contributed by atoms with E-state index in [0.29, 0.717) is 12.4 Å². The zero-order chi connectivity index (χ0) is 9.68. The van der Waals surface area contributed by atoms with Crippen molar-refractivity contribution in [2.24, 2.45) is 5.73 Å². The van der Waals surface area contributed by atoms with E-state index in [1.165, 1.54) is 0 Å². The molecule has 0 fully saturated rings. The Morgan fingerprint density at radius 2 is 2.38 bits per heavy atom. The summed E-state index contributed by atoms with van der Waals surface area (Å²) in [7, 11) is 0. The summed E-state index contributed by atoms with van der Waals surface area (Å²) < 4.78 is 4.82. The molecule has 5 heteroatoms. The van der Waals surface area contributed by atoms with E-state index in [1.54, 1.807) is 18.3 Å². The van der Waals surface area contributed by atoms with Crippen LogP contribution in [0.2, 0.25) is 0 Å². The van der Waals surface area contributed by atoms with Crippen molar-refractivity contribution in [2.75, 3.05) is 6.61 Å². The number of nitrogens with two attached hydrogens (primary N) is 1. The molecule has 0 saturated carbocycles. The molecule has 0 amide bonds. The van der Waals surface area contributed by atoms with Crippen molar-refractivity contribution in [1.29, 1.82) is 0 Å². The number of hydrogen-bond acceptors (Lipinski definition) is 4. The molecule has 0 aliphatic carbocycles. The summed E-state index contributed by atoms with van der Waals surface area (Å²) in [5, 5.41) is 8.30. The lowest BCUT2D eigenvalue weighted by atomic mass is 10.3. The Labute approximate surface area is 75.2 Å². The number of carbonyl (C=O) groups is 1. The Hall–Kier alpha value is -1.62. The Morgan fingerprint density at radius 3 is 2.85 bits per heavy atom. The molecule has 0 radical (unpaired) electrons. The molecule has 0 aliphatic heterocycles. The first-order chi connectivity index (χ1) is 6.22. The highest BCUT2D eigenvalue weighted by molar-refractivity contribution is 5.68. The van der Waals surface area contributed by atoms with Crippen molar-refractivity contribution in [3.05, 3.63) is 23.9 Å². The van der Waals surface area contributed by atoms with Crippen LogP contribution in [-0.2, 0) is 11.3 Å². The highest BCUT2D eigenvalue weighted by Crippen LogP contribution is 2.06. The van der Waals surface area contributed by atoms with Crippen molar-refractivity contribution in [3.63, 3.8) is 0 Å². The van der Waals surface area contributed by atoms with Gasteiger partial charge in [-0.25, -0.2) is 9.78 Å². The van der Waals surface area contributed by atoms with Crippen LogP contribution in [0.25, 0.3) is 0 Å². The molecule has 3 N–H and O–H groups in total. The van der Waals surface area contributed by atoms with Gasteiger partial charge in [0.2, 0.25) is 5.88 Å². The predicted molar refractivity (Wildman–Crippen MR) is 45.3 cm³/mol. The largest absolute Gasteiger partial charge is 0.479 e. The lowest BCUT2D eigenvalue weighted by Gasteiger charge is -2.01. The summed E-state index contributed by atoms with van der Waals surface area (Å²) in [6.07, 6.45) is 1.55. The Bertz CT molecular complexity index is 284. The number of ether oxygens (including phenoxy) is 1. The molecule has 1 rings (SSSR count). The van der Waals surface area contributed by atoms with Crippen LogP contribution in [0.4, 0.5) is 0 Å². The molecule has 1 heterocycles. The van der Waals surface area contributed by atoms with E-state index in [4.69, 9.17) is 15.6 Å². The normalized spacial score (nSPS) is 9.62. The Kier molecular flexibility index (Phi) is 3.22. The Balaban J connectivity index is 2.54. The number of aliphatic carboxylic acids is 1. The van der Waals surface area contributed by atoms with Gasteiger partial charge in [0.15, 0.2) is 6.61 Å². The summed E-state index contributed by atoms with van der Waals surface area (Å²) >= 11 is 0. The first kappa shape index (κ1) is 9.47. The van der Waals surface area contributed by atoms with Gasteiger partial charge in [-0.05, 0) is 5.56 Å². The second-order valence-corrected chi connectivity index (χ2v) is 2.39. The minimum absolute atomic E-state index is 0.291. The number of rotatable bonds is 4. The fraction of sp³-hybridized carbons (Fsp3) is 0.250. The molecule has 0 unspecified atom stereocenters. The van der Waals surface area contributed by atoms with E-state index in [1.807, 2.05) is 0 Å². The van der Waals surface area contributed by atoms with E-state index in [9.17, 15) is 4.79 Å². The van der Waals surface area contributed by atoms with Crippen molar-refractivity contribution < 1.29 is 14.6 Å². The van der Waals surface area contributed by atoms with Crippen LogP contribution < -0.4 is 10.5 Å². The molecule has 0 aliphatic rings. The predicted octanol–water partition coefficient (Wildman–Crippen LogP) is 0.00370. The molecular weight excluding hydrogens is 172 g/mol. The molecule has 1 aromatic heterocycles. The molecule has 0 aromatic carbocycles. The molecule has 1 aromatic rings. The Morgan fingerprint density at radius 1 is 1.62 bits per heavy atom. The van der Waals surface area contributed by atoms with Gasteiger partial charge in [-0.2, -0.15) is 0 Å². The summed E-state index contributed by atoms with van der Waals surface area (Å²) in [4.78, 5) is 14.0. The topological polar surface area (TPSA) is 85.4 Å². The summed E-state index contributed by atoms with van der Waals surface area (Å²) in [5.41, 5.74) is 6.22. The van der Waals surface area contributed by atoms with Gasteiger partial charge >= 0.3 is 5.97 Å². The monoisotopic (exact) mass is 182 g/mol. The number of nitrogens with zero attached hydrogens (tertiary/aromatic N) is 1. The molecule has 0 atom stereocenters. The first-order valence-corrected chi connectivity index (χ1v) is 3.72. The van der Waals surface area contributed by atoms with Crippen LogP contribution >= 0.6 is 0 Å². The molecule has 0 bridgehead atoms. The summed E-state index contributed by atoms with van der Waals surface area (Å²) in [6.45, 7) is 0.0290. The third-order valence-electron chi connectivity index (χ3n) is 1.38. The number of hydrogen-bond donors (Lipinski definition) is 2. The third kappa shape index (κ3) is 3.08. The van der Waals surface area contributed by atoms with Gasteiger partial charge in [-0.1, -0.05) is 6.07 Å². The second-order valence-electron chi connectivity index (χ2n) is 2.39. The second kappa shape index (κ2) is 4.42. The minimum atomic E-state index is -1.02. The first-order valence-electron chi connectivity index (χ1n) is 3.72. The van der Waals surface area contributed by atoms with Gasteiger partial charge in [0.05, 0.1) is 0 Å². The fourth-order valence-corrected chi connectivity index (χ4v) is 0.753. The maximum atomic E-state index is 10.1. The van der Waals surface area contributed by atoms with Crippen LogP contribution in [0, 0.1) is 0 Å². The quantitative estimate of drug-likeness (QED) is 0.684. The van der Waals surface area contributed by atoms with Crippen LogP contribution in [0.5, 0.6) is 5.88 Å². The molecule has 13 heavy (non-hydrogen) atoms. The highest BCUT2D eigenvalue weighted by atomic mass is 16.5. The molecule has 0 saturated heterocycles. The van der Waals surface area contributed by atoms with Gasteiger partial charge < -0.3 is 15.6 Å². The average Bonchev–Trinajstić information content (AvgIpc) is 2.15. The molecule has 0 spiro atoms. The van der Waals surface area contributed by atoms with Crippen LogP contribution in [0.1, 0.15) is 5.56 Å². The van der Waals surface area contributed by atoms with Crippen molar-refractivity contribution in [1.82, 2.24) is 4.98 Å². The number of aromatic nitrogens is 1. The van der Waals surface area contributed by atoms with E-state index < -0.39 is 5.97 Å². The van der Waals surface area contributed by atoms with E-state index in [-0.39, 0.29) is 6.61 Å². The van der Waals surface area contributed by atoms with Crippen molar-refractivity contribution >= 4 is 5.97 Å². The zero-order valence-corrected chi connectivity index (χ0v) is 6.93. The molecule has 5 nitrogen and oxygen atoms in total. The van der Waals surface area contributed by atoms with E-state index >= 15 is 0 Å². The van der Waals surface area contributed by atoms with Gasteiger partial charge in [0.25, 0.3) is 0 Å². The van der Waals surface area contributed by atoms with Crippen molar-refractivity contribution in [2.45, 2.75) is 6.54 Å². The maximum Gasteiger partial charge on any atom is 0.341 e. The average molecular weight is 182 g/mol. The summed E-state index contributed by atoms with van der Waals surface area (Å²) in [5.74, 6) is -0.732. The standard InChI is InChI=1S/C8H10N2O3/c9-3-6-1-2-7(10-4-6)13-5-8(11)12/h1-2,4H,3,5,9H2,(H,11,12). The van der Waals surface area contributed by atoms with Crippen molar-refractivity contribution in [3.8, 4) is 5.88 Å². The maximum absolute atomic E-state index is 10.1. The minimum Gasteiger partial charge on any atom is -0.479 e. The number of carboxylic acid groups (broad SMARTS) is 1. The molecule has 70 valence electrons. The third-order valence-corrected chi connectivity index (χ3v) is 1.38. The van der Waals surface area contributed by atoms with Crippen LogP contribution in [0.15, 0.2) is 18.3 Å². The SMILES string of the molecule is NCc1ccc(OCC(=O)O)nc1. The summed E-state index contributed by atoms with van der Waals surface area (Å²) in [6, 6.07) is 3.33. The number of carboxylic acids is 1. The van der Waals surface area contributed by atoms with Gasteiger partial charge in [0, 0.05) is 18.8 Å². The highest BCUT2D eigenvalue weighted by Gasteiger charge is 1.99. The zero-order valence-electron chi connectivity index (χ0n) is 6.93. The van der Waals surface area contributed by atoms with E-state index in [2.05, 4.69) is 4.98 Å². The van der Waals surface area contributed by atoms with Crippen LogP contribution in [-0.4, -0.2) is 22.7 Å². The van der Waals surface area contributed by atoms with Gasteiger partial charge in [0.1, 0.15) is 0 Å². The van der Waals surface area contributed by atoms with Gasteiger partial charge in [-0.3, -0.25) is 0 Å². The van der Waals surface area contributed by atoms with E-state index in [0.717, 1.165) is 5.56 Å². The smallest absolute Gasteiger partial charge is 0.341 e.